The molecular formula is C19H20Cl2N6O2S. The van der Waals surface area contributed by atoms with E-state index in [1.165, 1.54) is 18.3 Å². The zero-order chi connectivity index (χ0) is 22.1. The van der Waals surface area contributed by atoms with Gasteiger partial charge < -0.3 is 5.32 Å². The Balaban J connectivity index is 1.87. The van der Waals surface area contributed by atoms with E-state index in [1.807, 2.05) is 0 Å². The Hall–Kier alpha value is -2.49. The van der Waals surface area contributed by atoms with E-state index in [1.54, 1.807) is 49.2 Å². The number of benzene rings is 1. The van der Waals surface area contributed by atoms with Crippen molar-refractivity contribution in [1.82, 2.24) is 25.1 Å². The SMILES string of the molecule is Cc1nc([C@H](C)NC(=O)c2cc(Cl)cc(Cl)c2)n(-c2ccc(N=S(C)(C)=O)cn2)n1. The van der Waals surface area contributed by atoms with Gasteiger partial charge in [0.25, 0.3) is 5.91 Å². The van der Waals surface area contributed by atoms with Crippen molar-refractivity contribution in [3.8, 4) is 5.82 Å². The smallest absolute Gasteiger partial charge is 0.251 e. The molecule has 1 atom stereocenters. The number of carbonyl (C=O) groups excluding carboxylic acids is 1. The summed E-state index contributed by atoms with van der Waals surface area (Å²) >= 11 is 12.0. The quantitative estimate of drug-likeness (QED) is 0.608. The maximum absolute atomic E-state index is 12.6. The number of hydrogen-bond acceptors (Lipinski definition) is 6. The summed E-state index contributed by atoms with van der Waals surface area (Å²) in [5, 5.41) is 7.99. The summed E-state index contributed by atoms with van der Waals surface area (Å²) in [4.78, 5) is 21.4. The number of pyridine rings is 1. The molecule has 0 aliphatic rings. The summed E-state index contributed by atoms with van der Waals surface area (Å²) in [6.45, 7) is 3.54. The van der Waals surface area contributed by atoms with Gasteiger partial charge in [-0.3, -0.25) is 4.79 Å². The van der Waals surface area contributed by atoms with Crippen LogP contribution < -0.4 is 5.32 Å². The Morgan fingerprint density at radius 1 is 1.20 bits per heavy atom. The fraction of sp³-hybridized carbons (Fsp3) is 0.263. The van der Waals surface area contributed by atoms with Gasteiger partial charge in [0.15, 0.2) is 11.6 Å². The van der Waals surface area contributed by atoms with E-state index in [2.05, 4.69) is 24.7 Å². The highest BCUT2D eigenvalue weighted by molar-refractivity contribution is 7.92. The van der Waals surface area contributed by atoms with Crippen molar-refractivity contribution in [2.24, 2.45) is 4.36 Å². The molecule has 158 valence electrons. The number of nitrogens with one attached hydrogen (secondary N) is 1. The molecule has 8 nitrogen and oxygen atoms in total. The minimum atomic E-state index is -2.28. The molecule has 0 spiro atoms. The van der Waals surface area contributed by atoms with Crippen LogP contribution in [0.15, 0.2) is 40.9 Å². The molecule has 30 heavy (non-hydrogen) atoms. The lowest BCUT2D eigenvalue weighted by molar-refractivity contribution is 0.0938. The zero-order valence-corrected chi connectivity index (χ0v) is 19.1. The number of halogens is 2. The predicted octanol–water partition coefficient (Wildman–Crippen LogP) is 4.13. The van der Waals surface area contributed by atoms with Gasteiger partial charge >= 0.3 is 0 Å². The molecule has 0 unspecified atom stereocenters. The molecule has 3 rings (SSSR count). The zero-order valence-electron chi connectivity index (χ0n) is 16.8. The van der Waals surface area contributed by atoms with E-state index in [-0.39, 0.29) is 5.91 Å². The first-order chi connectivity index (χ1) is 14.0. The number of hydrogen-bond donors (Lipinski definition) is 1. The van der Waals surface area contributed by atoms with Crippen LogP contribution in [0.2, 0.25) is 10.0 Å². The predicted molar refractivity (Wildman–Crippen MR) is 118 cm³/mol. The van der Waals surface area contributed by atoms with Gasteiger partial charge in [0.1, 0.15) is 5.82 Å². The van der Waals surface area contributed by atoms with E-state index in [4.69, 9.17) is 23.2 Å². The van der Waals surface area contributed by atoms with Crippen LogP contribution in [0.1, 0.15) is 35.0 Å². The normalized spacial score (nSPS) is 12.5. The van der Waals surface area contributed by atoms with Crippen LogP contribution in [0.3, 0.4) is 0 Å². The summed E-state index contributed by atoms with van der Waals surface area (Å²) in [5.74, 6) is 1.18. The van der Waals surface area contributed by atoms with Crippen molar-refractivity contribution in [2.45, 2.75) is 19.9 Å². The molecule has 0 aliphatic carbocycles. The van der Waals surface area contributed by atoms with Crippen LogP contribution in [-0.4, -0.2) is 42.4 Å². The molecule has 0 aliphatic heterocycles. The van der Waals surface area contributed by atoms with Crippen LogP contribution in [0.4, 0.5) is 5.69 Å². The summed E-state index contributed by atoms with van der Waals surface area (Å²) in [6, 6.07) is 7.55. The second-order valence-corrected chi connectivity index (χ2v) is 10.3. The third-order valence-corrected chi connectivity index (χ3v) is 4.96. The summed E-state index contributed by atoms with van der Waals surface area (Å²) in [5.41, 5.74) is 0.847. The van der Waals surface area contributed by atoms with Crippen LogP contribution in [0, 0.1) is 6.92 Å². The average molecular weight is 467 g/mol. The molecule has 2 heterocycles. The van der Waals surface area contributed by atoms with Gasteiger partial charge in [-0.05, 0) is 44.2 Å². The van der Waals surface area contributed by atoms with E-state index >= 15 is 0 Å². The number of amides is 1. The molecule has 11 heteroatoms. The van der Waals surface area contributed by atoms with E-state index in [9.17, 15) is 9.00 Å². The molecular weight excluding hydrogens is 447 g/mol. The van der Waals surface area contributed by atoms with Crippen molar-refractivity contribution in [3.63, 3.8) is 0 Å². The molecule has 2 aromatic heterocycles. The molecule has 0 bridgehead atoms. The fourth-order valence-electron chi connectivity index (χ4n) is 2.72. The third-order valence-electron chi connectivity index (χ3n) is 3.87. The van der Waals surface area contributed by atoms with Crippen LogP contribution in [0.5, 0.6) is 0 Å². The Kier molecular flexibility index (Phi) is 6.44. The molecule has 0 saturated heterocycles. The van der Waals surface area contributed by atoms with E-state index in [0.717, 1.165) is 0 Å². The number of aryl methyl sites for hydroxylation is 1. The average Bonchev–Trinajstić information content (AvgIpc) is 3.02. The summed E-state index contributed by atoms with van der Waals surface area (Å²) in [6.07, 6.45) is 4.62. The third kappa shape index (κ3) is 5.56. The van der Waals surface area contributed by atoms with Gasteiger partial charge in [0, 0.05) is 37.8 Å². The Bertz CT molecular complexity index is 1190. The maximum atomic E-state index is 12.6. The molecule has 1 N–H and O–H groups in total. The van der Waals surface area contributed by atoms with Crippen LogP contribution in [-0.2, 0) is 9.73 Å². The van der Waals surface area contributed by atoms with Crippen molar-refractivity contribution >= 4 is 44.5 Å². The van der Waals surface area contributed by atoms with E-state index < -0.39 is 15.8 Å². The van der Waals surface area contributed by atoms with Crippen molar-refractivity contribution in [3.05, 3.63) is 63.8 Å². The summed E-state index contributed by atoms with van der Waals surface area (Å²) in [7, 11) is -2.28. The molecule has 1 aromatic carbocycles. The van der Waals surface area contributed by atoms with Gasteiger partial charge in [-0.25, -0.2) is 14.2 Å². The lowest BCUT2D eigenvalue weighted by Gasteiger charge is -2.14. The van der Waals surface area contributed by atoms with Gasteiger partial charge in [0.05, 0.1) is 17.9 Å². The second-order valence-electron chi connectivity index (χ2n) is 6.93. The van der Waals surface area contributed by atoms with Crippen molar-refractivity contribution in [1.29, 1.82) is 0 Å². The number of nitrogens with zero attached hydrogens (tertiary/aromatic N) is 5. The van der Waals surface area contributed by atoms with Crippen molar-refractivity contribution < 1.29 is 9.00 Å². The molecule has 0 radical (unpaired) electrons. The first-order valence-corrected chi connectivity index (χ1v) is 11.9. The maximum Gasteiger partial charge on any atom is 0.251 e. The Labute approximate surface area is 184 Å². The lowest BCUT2D eigenvalue weighted by Crippen LogP contribution is -2.28. The Morgan fingerprint density at radius 2 is 1.87 bits per heavy atom. The minimum absolute atomic E-state index is 0.342. The minimum Gasteiger partial charge on any atom is -0.342 e. The number of aromatic nitrogens is 4. The van der Waals surface area contributed by atoms with Gasteiger partial charge in [0.2, 0.25) is 0 Å². The topological polar surface area (TPSA) is 102 Å². The van der Waals surface area contributed by atoms with Gasteiger partial charge in [-0.1, -0.05) is 23.2 Å². The summed E-state index contributed by atoms with van der Waals surface area (Å²) < 4.78 is 17.5. The van der Waals surface area contributed by atoms with E-state index in [0.29, 0.717) is 38.8 Å². The molecule has 1 amide bonds. The standard InChI is InChI=1S/C19H20Cl2N6O2S/c1-11(23-19(28)13-7-14(20)9-15(21)8-13)18-24-12(2)25-27(18)17-6-5-16(10-22-17)26-30(3,4)29/h5-11H,1-4H3,(H,23,28)/t11-/m0/s1. The number of carbonyl (C=O) groups is 1. The monoisotopic (exact) mass is 466 g/mol. The largest absolute Gasteiger partial charge is 0.342 e. The van der Waals surface area contributed by atoms with Crippen molar-refractivity contribution in [2.75, 3.05) is 12.5 Å². The fourth-order valence-corrected chi connectivity index (χ4v) is 3.86. The first kappa shape index (κ1) is 22.2. The highest BCUT2D eigenvalue weighted by atomic mass is 35.5. The van der Waals surface area contributed by atoms with Crippen LogP contribution in [0.25, 0.3) is 5.82 Å². The second kappa shape index (κ2) is 8.71. The first-order valence-electron chi connectivity index (χ1n) is 8.86. The highest BCUT2D eigenvalue weighted by Gasteiger charge is 2.20. The van der Waals surface area contributed by atoms with Gasteiger partial charge in [-0.15, -0.1) is 5.10 Å². The Morgan fingerprint density at radius 3 is 2.43 bits per heavy atom. The molecule has 3 aromatic rings. The molecule has 0 saturated carbocycles. The number of rotatable bonds is 5. The highest BCUT2D eigenvalue weighted by Crippen LogP contribution is 2.21. The lowest BCUT2D eigenvalue weighted by atomic mass is 10.2. The van der Waals surface area contributed by atoms with Gasteiger partial charge in [-0.2, -0.15) is 9.04 Å². The molecule has 0 fully saturated rings. The van der Waals surface area contributed by atoms with Crippen LogP contribution >= 0.6 is 23.2 Å².